The molecule has 2 aromatic carbocycles. The second-order valence-electron chi connectivity index (χ2n) is 8.90. The number of benzene rings is 2. The molecule has 2 fully saturated rings. The molecule has 5 rings (SSSR count). The molecule has 1 saturated heterocycles. The highest BCUT2D eigenvalue weighted by atomic mass is 19.3. The van der Waals surface area contributed by atoms with Crippen LogP contribution in [0.2, 0.25) is 0 Å². The number of halogens is 2. The van der Waals surface area contributed by atoms with Crippen molar-refractivity contribution >= 4 is 28.8 Å². The van der Waals surface area contributed by atoms with Crippen LogP contribution in [0.1, 0.15) is 36.0 Å². The summed E-state index contributed by atoms with van der Waals surface area (Å²) in [4.78, 5) is 51.6. The normalized spacial score (nSPS) is 19.1. The van der Waals surface area contributed by atoms with Crippen molar-refractivity contribution in [1.82, 2.24) is 19.4 Å². The molecule has 1 aliphatic heterocycles. The molecule has 176 valence electrons. The van der Waals surface area contributed by atoms with Gasteiger partial charge in [-0.05, 0) is 49.2 Å². The fourth-order valence-corrected chi connectivity index (χ4v) is 4.77. The van der Waals surface area contributed by atoms with Crippen molar-refractivity contribution in [3.05, 3.63) is 64.6 Å². The summed E-state index contributed by atoms with van der Waals surface area (Å²) in [7, 11) is 1.68. The maximum absolute atomic E-state index is 13.5. The first-order chi connectivity index (χ1) is 16.1. The molecule has 0 unspecified atom stereocenters. The Morgan fingerprint density at radius 1 is 0.941 bits per heavy atom. The molecule has 3 aromatic rings. The number of aryl methyl sites for hydroxylation is 1. The summed E-state index contributed by atoms with van der Waals surface area (Å²) in [5.74, 6) is -3.97. The lowest BCUT2D eigenvalue weighted by molar-refractivity contribution is -0.135. The number of hydrogen-bond donors (Lipinski definition) is 1. The van der Waals surface area contributed by atoms with Crippen molar-refractivity contribution in [3.63, 3.8) is 0 Å². The number of carbonyl (C=O) groups excluding carboxylic acids is 3. The molecule has 2 heterocycles. The minimum atomic E-state index is -2.85. The summed E-state index contributed by atoms with van der Waals surface area (Å²) in [5, 5.41) is 2.53. The number of para-hydroxylation sites is 2. The first-order valence-corrected chi connectivity index (χ1v) is 10.9. The van der Waals surface area contributed by atoms with Crippen molar-refractivity contribution in [2.24, 2.45) is 7.05 Å². The van der Waals surface area contributed by atoms with Crippen molar-refractivity contribution in [2.45, 2.75) is 37.1 Å². The Morgan fingerprint density at radius 3 is 2.21 bits per heavy atom. The minimum Gasteiger partial charge on any atom is -0.323 e. The Hall–Kier alpha value is -3.82. The summed E-state index contributed by atoms with van der Waals surface area (Å²) >= 11 is 0. The molecule has 1 saturated carbocycles. The van der Waals surface area contributed by atoms with Gasteiger partial charge in [-0.2, -0.15) is 0 Å². The SMILES string of the molecule is Cn1c(=O)n(-c2ccc(C(=O)CN3C(=O)NC4(CCC(F)(F)CC4)C3=O)cc2)c2ccccc21. The fourth-order valence-electron chi connectivity index (χ4n) is 4.77. The third kappa shape index (κ3) is 3.41. The first kappa shape index (κ1) is 22.0. The van der Waals surface area contributed by atoms with E-state index < -0.39 is 48.6 Å². The van der Waals surface area contributed by atoms with Crippen LogP contribution in [0.3, 0.4) is 0 Å². The smallest absolute Gasteiger partial charge is 0.323 e. The summed E-state index contributed by atoms with van der Waals surface area (Å²) in [6, 6.07) is 12.9. The highest BCUT2D eigenvalue weighted by Crippen LogP contribution is 2.41. The quantitative estimate of drug-likeness (QED) is 0.471. The molecule has 10 heteroatoms. The number of nitrogens with zero attached hydrogens (tertiary/aromatic N) is 3. The van der Waals surface area contributed by atoms with Gasteiger partial charge >= 0.3 is 11.7 Å². The van der Waals surface area contributed by atoms with Gasteiger partial charge in [0, 0.05) is 25.5 Å². The lowest BCUT2D eigenvalue weighted by Gasteiger charge is -2.34. The molecule has 1 aromatic heterocycles. The number of amides is 3. The van der Waals surface area contributed by atoms with E-state index in [0.717, 1.165) is 15.9 Å². The van der Waals surface area contributed by atoms with E-state index in [4.69, 9.17) is 0 Å². The number of nitrogens with one attached hydrogen (secondary N) is 1. The average Bonchev–Trinajstić information content (AvgIpc) is 3.21. The van der Waals surface area contributed by atoms with Gasteiger partial charge in [0.1, 0.15) is 5.54 Å². The number of rotatable bonds is 4. The third-order valence-corrected chi connectivity index (χ3v) is 6.79. The van der Waals surface area contributed by atoms with Crippen LogP contribution in [0.25, 0.3) is 16.7 Å². The van der Waals surface area contributed by atoms with E-state index in [2.05, 4.69) is 5.32 Å². The zero-order chi connectivity index (χ0) is 24.3. The van der Waals surface area contributed by atoms with Crippen molar-refractivity contribution in [2.75, 3.05) is 6.54 Å². The number of urea groups is 1. The Bertz CT molecular complexity index is 1380. The monoisotopic (exact) mass is 468 g/mol. The first-order valence-electron chi connectivity index (χ1n) is 10.9. The summed E-state index contributed by atoms with van der Waals surface area (Å²) in [6.07, 6.45) is -1.31. The number of ketones is 1. The van der Waals surface area contributed by atoms with Crippen LogP contribution < -0.4 is 11.0 Å². The Labute approximate surface area is 192 Å². The summed E-state index contributed by atoms with van der Waals surface area (Å²) in [5.41, 5.74) is 0.711. The van der Waals surface area contributed by atoms with Crippen LogP contribution in [-0.2, 0) is 11.8 Å². The summed E-state index contributed by atoms with van der Waals surface area (Å²) < 4.78 is 30.2. The van der Waals surface area contributed by atoms with Crippen molar-refractivity contribution < 1.29 is 23.2 Å². The fraction of sp³-hybridized carbons (Fsp3) is 0.333. The predicted octanol–water partition coefficient (Wildman–Crippen LogP) is 3.01. The summed E-state index contributed by atoms with van der Waals surface area (Å²) in [6.45, 7) is -0.490. The minimum absolute atomic E-state index is 0.163. The lowest BCUT2D eigenvalue weighted by Crippen LogP contribution is -2.51. The van der Waals surface area contributed by atoms with Crippen LogP contribution in [0.15, 0.2) is 53.3 Å². The molecule has 8 nitrogen and oxygen atoms in total. The number of hydrogen-bond acceptors (Lipinski definition) is 4. The van der Waals surface area contributed by atoms with E-state index in [-0.39, 0.29) is 24.1 Å². The molecule has 2 aliphatic rings. The highest BCUT2D eigenvalue weighted by molar-refractivity contribution is 6.11. The highest BCUT2D eigenvalue weighted by Gasteiger charge is 2.55. The van der Waals surface area contributed by atoms with Gasteiger partial charge in [-0.3, -0.25) is 23.6 Å². The number of Topliss-reactive ketones (excluding diaryl/α,β-unsaturated/α-hetero) is 1. The molecular weight excluding hydrogens is 446 g/mol. The van der Waals surface area contributed by atoms with Crippen molar-refractivity contribution in [3.8, 4) is 5.69 Å². The largest absolute Gasteiger partial charge is 0.333 e. The average molecular weight is 468 g/mol. The number of aromatic nitrogens is 2. The zero-order valence-electron chi connectivity index (χ0n) is 18.4. The molecule has 0 atom stereocenters. The van der Waals surface area contributed by atoms with Crippen LogP contribution in [-0.4, -0.2) is 49.8 Å². The molecule has 0 radical (unpaired) electrons. The van der Waals surface area contributed by atoms with Gasteiger partial charge < -0.3 is 5.32 Å². The molecule has 3 amide bonds. The second-order valence-corrected chi connectivity index (χ2v) is 8.90. The molecule has 1 spiro atoms. The van der Waals surface area contributed by atoms with E-state index >= 15 is 0 Å². The van der Waals surface area contributed by atoms with E-state index in [1.165, 1.54) is 21.3 Å². The van der Waals surface area contributed by atoms with Crippen LogP contribution in [0, 0.1) is 0 Å². The molecule has 1 N–H and O–H groups in total. The Morgan fingerprint density at radius 2 is 1.56 bits per heavy atom. The second kappa shape index (κ2) is 7.61. The van der Waals surface area contributed by atoms with Crippen molar-refractivity contribution in [1.29, 1.82) is 0 Å². The molecule has 34 heavy (non-hydrogen) atoms. The van der Waals surface area contributed by atoms with Gasteiger partial charge in [0.15, 0.2) is 5.78 Å². The Kier molecular flexibility index (Phi) is 4.92. The number of fused-ring (bicyclic) bond motifs is 1. The standard InChI is InChI=1S/C24H22F2N4O4/c1-28-17-4-2-3-5-18(17)30(22(28)34)16-8-6-15(7-9-16)19(31)14-29-20(32)23(27-21(29)33)10-12-24(25,26)13-11-23/h2-9H,10-14H2,1H3,(H,27,33). The van der Waals surface area contributed by atoms with E-state index in [9.17, 15) is 28.0 Å². The maximum atomic E-state index is 13.5. The third-order valence-electron chi connectivity index (χ3n) is 6.79. The number of imidazole rings is 1. The van der Waals surface area contributed by atoms with E-state index in [1.807, 2.05) is 24.3 Å². The van der Waals surface area contributed by atoms with Crippen LogP contribution >= 0.6 is 0 Å². The predicted molar refractivity (Wildman–Crippen MR) is 119 cm³/mol. The molecular formula is C24H22F2N4O4. The maximum Gasteiger partial charge on any atom is 0.333 e. The van der Waals surface area contributed by atoms with Gasteiger partial charge in [-0.1, -0.05) is 12.1 Å². The number of carbonyl (C=O) groups is 3. The Balaban J connectivity index is 1.35. The van der Waals surface area contributed by atoms with Gasteiger partial charge in [0.25, 0.3) is 5.91 Å². The lowest BCUT2D eigenvalue weighted by atomic mass is 9.80. The van der Waals surface area contributed by atoms with Gasteiger partial charge in [0.05, 0.1) is 23.3 Å². The van der Waals surface area contributed by atoms with Gasteiger partial charge in [0.2, 0.25) is 5.92 Å². The van der Waals surface area contributed by atoms with Gasteiger partial charge in [-0.15, -0.1) is 0 Å². The van der Waals surface area contributed by atoms with Crippen LogP contribution in [0.5, 0.6) is 0 Å². The van der Waals surface area contributed by atoms with Crippen LogP contribution in [0.4, 0.5) is 13.6 Å². The topological polar surface area (TPSA) is 93.4 Å². The zero-order valence-corrected chi connectivity index (χ0v) is 18.4. The van der Waals surface area contributed by atoms with E-state index in [1.54, 1.807) is 19.2 Å². The van der Waals surface area contributed by atoms with E-state index in [0.29, 0.717) is 5.69 Å². The number of alkyl halides is 2. The molecule has 1 aliphatic carbocycles. The molecule has 0 bridgehead atoms. The van der Waals surface area contributed by atoms with Gasteiger partial charge in [-0.25, -0.2) is 18.4 Å². The number of imide groups is 1.